The highest BCUT2D eigenvalue weighted by Gasteiger charge is 2.16. The monoisotopic (exact) mass is 366 g/mol. The number of aromatic nitrogens is 1. The Morgan fingerprint density at radius 2 is 1.78 bits per heavy atom. The Bertz CT molecular complexity index is 1020. The summed E-state index contributed by atoms with van der Waals surface area (Å²) in [4.78, 5) is 25.6. The zero-order chi connectivity index (χ0) is 19.4. The third-order valence-electron chi connectivity index (χ3n) is 4.30. The van der Waals surface area contributed by atoms with Gasteiger partial charge in [0, 0.05) is 18.4 Å². The maximum Gasteiger partial charge on any atom is 0.261 e. The first kappa shape index (κ1) is 18.5. The van der Waals surface area contributed by atoms with Gasteiger partial charge in [-0.2, -0.15) is 0 Å². The van der Waals surface area contributed by atoms with Crippen molar-refractivity contribution in [3.63, 3.8) is 0 Å². The van der Waals surface area contributed by atoms with E-state index >= 15 is 0 Å². The van der Waals surface area contributed by atoms with Gasteiger partial charge >= 0.3 is 0 Å². The van der Waals surface area contributed by atoms with Gasteiger partial charge in [0.15, 0.2) is 0 Å². The van der Waals surface area contributed by atoms with E-state index in [2.05, 4.69) is 5.32 Å². The van der Waals surface area contributed by atoms with Gasteiger partial charge in [-0.1, -0.05) is 0 Å². The molecular weight excluding hydrogens is 344 g/mol. The van der Waals surface area contributed by atoms with Crippen LogP contribution in [0.5, 0.6) is 11.5 Å². The van der Waals surface area contributed by atoms with E-state index < -0.39 is 5.91 Å². The van der Waals surface area contributed by atoms with Gasteiger partial charge in [-0.15, -0.1) is 0 Å². The lowest BCUT2D eigenvalue weighted by Crippen LogP contribution is -2.23. The minimum absolute atomic E-state index is 0.0893. The van der Waals surface area contributed by atoms with Gasteiger partial charge in [0.25, 0.3) is 5.91 Å². The minimum Gasteiger partial charge on any atom is -0.497 e. The second kappa shape index (κ2) is 7.95. The number of hydrogen-bond donors (Lipinski definition) is 1. The number of rotatable bonds is 6. The summed E-state index contributed by atoms with van der Waals surface area (Å²) in [6.45, 7) is 5.07. The Balaban J connectivity index is 1.98. The zero-order valence-electron chi connectivity index (χ0n) is 15.6. The van der Waals surface area contributed by atoms with Crippen LogP contribution in [0.3, 0.4) is 0 Å². The summed E-state index contributed by atoms with van der Waals surface area (Å²) in [5, 5.41) is 3.23. The summed E-state index contributed by atoms with van der Waals surface area (Å²) >= 11 is 0. The van der Waals surface area contributed by atoms with E-state index in [-0.39, 0.29) is 11.0 Å². The second-order valence-corrected chi connectivity index (χ2v) is 5.95. The summed E-state index contributed by atoms with van der Waals surface area (Å²) in [5.41, 5.74) is 1.13. The first-order valence-corrected chi connectivity index (χ1v) is 8.82. The number of carbonyl (C=O) groups excluding carboxylic acids is 1. The lowest BCUT2D eigenvalue weighted by Gasteiger charge is -2.13. The van der Waals surface area contributed by atoms with Crippen molar-refractivity contribution in [2.24, 2.45) is 0 Å². The molecule has 0 radical (unpaired) electrons. The Morgan fingerprint density at radius 3 is 2.41 bits per heavy atom. The summed E-state index contributed by atoms with van der Waals surface area (Å²) in [5.74, 6) is 0.851. The van der Waals surface area contributed by atoms with Crippen molar-refractivity contribution in [2.45, 2.75) is 20.4 Å². The van der Waals surface area contributed by atoms with Gasteiger partial charge in [-0.25, -0.2) is 0 Å². The van der Waals surface area contributed by atoms with Gasteiger partial charge in [-0.3, -0.25) is 9.59 Å². The van der Waals surface area contributed by atoms with Crippen molar-refractivity contribution < 1.29 is 14.3 Å². The molecule has 27 heavy (non-hydrogen) atoms. The molecule has 1 aromatic heterocycles. The van der Waals surface area contributed by atoms with Crippen molar-refractivity contribution >= 4 is 22.5 Å². The van der Waals surface area contributed by atoms with E-state index in [9.17, 15) is 9.59 Å². The van der Waals surface area contributed by atoms with Crippen LogP contribution < -0.4 is 20.2 Å². The molecule has 140 valence electrons. The van der Waals surface area contributed by atoms with Gasteiger partial charge in [0.05, 0.1) is 24.6 Å². The number of hydrogen-bond acceptors (Lipinski definition) is 4. The number of nitrogens with zero attached hydrogens (tertiary/aromatic N) is 1. The highest BCUT2D eigenvalue weighted by atomic mass is 16.5. The SMILES string of the molecule is CCOc1ccc(NC(=O)c2cn(CC)c3ccc(OC)cc3c2=O)cc1. The molecular formula is C21H22N2O4. The predicted molar refractivity (Wildman–Crippen MR) is 106 cm³/mol. The van der Waals surface area contributed by atoms with E-state index in [1.54, 1.807) is 49.7 Å². The molecule has 0 aliphatic heterocycles. The van der Waals surface area contributed by atoms with Crippen LogP contribution in [0.4, 0.5) is 5.69 Å². The predicted octanol–water partition coefficient (Wildman–Crippen LogP) is 3.68. The maximum absolute atomic E-state index is 12.9. The van der Waals surface area contributed by atoms with Crippen molar-refractivity contribution in [3.05, 3.63) is 64.4 Å². The van der Waals surface area contributed by atoms with Crippen LogP contribution in [-0.2, 0) is 6.54 Å². The van der Waals surface area contributed by atoms with Gasteiger partial charge in [0.1, 0.15) is 17.1 Å². The molecule has 0 saturated heterocycles. The fraction of sp³-hybridized carbons (Fsp3) is 0.238. The minimum atomic E-state index is -0.448. The van der Waals surface area contributed by atoms with E-state index in [1.807, 2.05) is 24.5 Å². The van der Waals surface area contributed by atoms with Crippen LogP contribution in [0.25, 0.3) is 10.9 Å². The molecule has 6 heteroatoms. The van der Waals surface area contributed by atoms with Gasteiger partial charge in [-0.05, 0) is 56.3 Å². The number of methoxy groups -OCH3 is 1. The molecule has 0 saturated carbocycles. The largest absolute Gasteiger partial charge is 0.497 e. The number of carbonyl (C=O) groups is 1. The van der Waals surface area contributed by atoms with Crippen molar-refractivity contribution in [3.8, 4) is 11.5 Å². The van der Waals surface area contributed by atoms with Gasteiger partial charge in [0.2, 0.25) is 5.43 Å². The summed E-state index contributed by atoms with van der Waals surface area (Å²) in [6, 6.07) is 12.3. The van der Waals surface area contributed by atoms with Crippen molar-refractivity contribution in [2.75, 3.05) is 19.0 Å². The van der Waals surface area contributed by atoms with E-state index in [1.165, 1.54) is 0 Å². The van der Waals surface area contributed by atoms with Crippen LogP contribution in [0.2, 0.25) is 0 Å². The average molecular weight is 366 g/mol. The van der Waals surface area contributed by atoms with Crippen LogP contribution in [0.1, 0.15) is 24.2 Å². The summed E-state index contributed by atoms with van der Waals surface area (Å²) in [6.07, 6.45) is 1.60. The smallest absolute Gasteiger partial charge is 0.261 e. The van der Waals surface area contributed by atoms with Crippen LogP contribution in [0.15, 0.2) is 53.5 Å². The van der Waals surface area contributed by atoms with E-state index in [0.29, 0.717) is 30.0 Å². The van der Waals surface area contributed by atoms with Crippen LogP contribution in [0, 0.1) is 0 Å². The Kier molecular flexibility index (Phi) is 5.45. The molecule has 3 aromatic rings. The second-order valence-electron chi connectivity index (χ2n) is 5.95. The topological polar surface area (TPSA) is 69.6 Å². The average Bonchev–Trinajstić information content (AvgIpc) is 2.69. The molecule has 3 rings (SSSR count). The number of nitrogens with one attached hydrogen (secondary N) is 1. The molecule has 0 aliphatic carbocycles. The summed E-state index contributed by atoms with van der Waals surface area (Å²) < 4.78 is 12.5. The quantitative estimate of drug-likeness (QED) is 0.722. The fourth-order valence-corrected chi connectivity index (χ4v) is 2.93. The number of benzene rings is 2. The van der Waals surface area contributed by atoms with E-state index in [4.69, 9.17) is 9.47 Å². The number of anilines is 1. The molecule has 0 unspecified atom stereocenters. The molecule has 2 aromatic carbocycles. The number of aryl methyl sites for hydroxylation is 1. The first-order chi connectivity index (χ1) is 13.1. The lowest BCUT2D eigenvalue weighted by molar-refractivity contribution is 0.102. The maximum atomic E-state index is 12.9. The standard InChI is InChI=1S/C21H22N2O4/c1-4-23-13-18(20(24)17-12-16(26-3)10-11-19(17)23)21(25)22-14-6-8-15(9-7-14)27-5-2/h6-13H,4-5H2,1-3H3,(H,22,25). The highest BCUT2D eigenvalue weighted by molar-refractivity contribution is 6.05. The molecule has 0 bridgehead atoms. The number of fused-ring (bicyclic) bond motifs is 1. The molecule has 0 aliphatic rings. The third-order valence-corrected chi connectivity index (χ3v) is 4.30. The number of ether oxygens (including phenoxy) is 2. The number of amides is 1. The highest BCUT2D eigenvalue weighted by Crippen LogP contribution is 2.20. The lowest BCUT2D eigenvalue weighted by atomic mass is 10.1. The Labute approximate surface area is 157 Å². The van der Waals surface area contributed by atoms with Crippen molar-refractivity contribution in [1.29, 1.82) is 0 Å². The summed E-state index contributed by atoms with van der Waals surface area (Å²) in [7, 11) is 1.54. The molecule has 0 atom stereocenters. The van der Waals surface area contributed by atoms with Gasteiger partial charge < -0.3 is 19.4 Å². The molecule has 1 amide bonds. The first-order valence-electron chi connectivity index (χ1n) is 8.82. The molecule has 1 heterocycles. The third kappa shape index (κ3) is 3.79. The molecule has 0 fully saturated rings. The van der Waals surface area contributed by atoms with E-state index in [0.717, 1.165) is 11.3 Å². The molecule has 1 N–H and O–H groups in total. The van der Waals surface area contributed by atoms with Crippen LogP contribution >= 0.6 is 0 Å². The Hall–Kier alpha value is -3.28. The normalized spacial score (nSPS) is 10.6. The number of pyridine rings is 1. The Morgan fingerprint density at radius 1 is 1.07 bits per heavy atom. The van der Waals surface area contributed by atoms with Crippen LogP contribution in [-0.4, -0.2) is 24.2 Å². The molecule has 0 spiro atoms. The molecule has 6 nitrogen and oxygen atoms in total. The fourth-order valence-electron chi connectivity index (χ4n) is 2.93. The van der Waals surface area contributed by atoms with Crippen molar-refractivity contribution in [1.82, 2.24) is 4.57 Å². The zero-order valence-corrected chi connectivity index (χ0v) is 15.6.